The van der Waals surface area contributed by atoms with E-state index in [1.807, 2.05) is 4.90 Å². The number of rotatable bonds is 6. The van der Waals surface area contributed by atoms with Crippen molar-refractivity contribution in [3.05, 3.63) is 64.0 Å². The lowest BCUT2D eigenvalue weighted by molar-refractivity contribution is -0.384. The maximum atomic E-state index is 13.7. The van der Waals surface area contributed by atoms with E-state index < -0.39 is 28.7 Å². The van der Waals surface area contributed by atoms with Crippen LogP contribution in [0.1, 0.15) is 36.5 Å². The number of amides is 1. The minimum atomic E-state index is -1.22. The number of hydrogen-bond donors (Lipinski definition) is 1. The number of ether oxygens (including phenoxy) is 1. The molecule has 0 aromatic heterocycles. The molecule has 1 N–H and O–H groups in total. The van der Waals surface area contributed by atoms with E-state index in [-0.39, 0.29) is 16.9 Å². The van der Waals surface area contributed by atoms with Crippen LogP contribution in [0.25, 0.3) is 0 Å². The minimum Gasteiger partial charge on any atom is -0.449 e. The normalized spacial score (nSPS) is 14.7. The second kappa shape index (κ2) is 9.34. The smallest absolute Gasteiger partial charge is 0.339 e. The van der Waals surface area contributed by atoms with E-state index in [0.717, 1.165) is 38.4 Å². The fourth-order valence-corrected chi connectivity index (χ4v) is 3.28. The number of benzene rings is 2. The summed E-state index contributed by atoms with van der Waals surface area (Å²) in [5.74, 6) is -2.21. The third-order valence-electron chi connectivity index (χ3n) is 4.89. The van der Waals surface area contributed by atoms with Gasteiger partial charge in [-0.2, -0.15) is 0 Å². The molecule has 0 unspecified atom stereocenters. The summed E-state index contributed by atoms with van der Waals surface area (Å²) in [6, 6.07) is 9.74. The van der Waals surface area contributed by atoms with Gasteiger partial charge in [0.15, 0.2) is 6.10 Å². The lowest BCUT2D eigenvalue weighted by Crippen LogP contribution is -2.31. The number of para-hydroxylation sites is 1. The number of nitrogens with zero attached hydrogens (tertiary/aromatic N) is 2. The molecule has 2 aromatic carbocycles. The SMILES string of the molecule is C[C@@H](OC(=O)c1ccc(N2CCCCC2)c([N+](=O)[O-])c1)C(=O)Nc1ccccc1F. The summed E-state index contributed by atoms with van der Waals surface area (Å²) in [5.41, 5.74) is 0.205. The second-order valence-corrected chi connectivity index (χ2v) is 7.02. The molecule has 0 bridgehead atoms. The molecule has 1 atom stereocenters. The molecule has 158 valence electrons. The zero-order valence-electron chi connectivity index (χ0n) is 16.5. The predicted octanol–water partition coefficient (Wildman–Crippen LogP) is 3.91. The average molecular weight is 415 g/mol. The molecule has 1 fully saturated rings. The van der Waals surface area contributed by atoms with Gasteiger partial charge in [0.2, 0.25) is 0 Å². The van der Waals surface area contributed by atoms with E-state index >= 15 is 0 Å². The Balaban J connectivity index is 1.71. The molecule has 30 heavy (non-hydrogen) atoms. The Bertz CT molecular complexity index is 959. The summed E-state index contributed by atoms with van der Waals surface area (Å²) in [5, 5.41) is 13.9. The Labute approximate surface area is 172 Å². The van der Waals surface area contributed by atoms with Crippen molar-refractivity contribution in [2.75, 3.05) is 23.3 Å². The molecule has 2 aromatic rings. The Kier molecular flexibility index (Phi) is 6.61. The molecule has 9 heteroatoms. The van der Waals surface area contributed by atoms with E-state index in [1.165, 1.54) is 37.3 Å². The minimum absolute atomic E-state index is 0.0343. The summed E-state index contributed by atoms with van der Waals surface area (Å²) in [7, 11) is 0. The van der Waals surface area contributed by atoms with Gasteiger partial charge in [0.05, 0.1) is 16.2 Å². The van der Waals surface area contributed by atoms with Gasteiger partial charge in [-0.3, -0.25) is 14.9 Å². The first-order valence-electron chi connectivity index (χ1n) is 9.66. The zero-order valence-corrected chi connectivity index (χ0v) is 16.5. The van der Waals surface area contributed by atoms with Crippen LogP contribution in [0.2, 0.25) is 0 Å². The summed E-state index contributed by atoms with van der Waals surface area (Å²) >= 11 is 0. The first-order chi connectivity index (χ1) is 14.4. The first-order valence-corrected chi connectivity index (χ1v) is 9.66. The molecule has 0 aliphatic carbocycles. The predicted molar refractivity (Wildman–Crippen MR) is 109 cm³/mol. The van der Waals surface area contributed by atoms with E-state index in [2.05, 4.69) is 5.32 Å². The van der Waals surface area contributed by atoms with Crippen LogP contribution in [-0.2, 0) is 9.53 Å². The quantitative estimate of drug-likeness (QED) is 0.436. The molecule has 0 spiro atoms. The number of nitrogens with one attached hydrogen (secondary N) is 1. The van der Waals surface area contributed by atoms with Crippen LogP contribution >= 0.6 is 0 Å². The van der Waals surface area contributed by atoms with E-state index in [4.69, 9.17) is 4.74 Å². The molecule has 1 amide bonds. The number of nitro groups is 1. The average Bonchev–Trinajstić information content (AvgIpc) is 2.75. The third kappa shape index (κ3) is 4.91. The van der Waals surface area contributed by atoms with E-state index in [9.17, 15) is 24.1 Å². The van der Waals surface area contributed by atoms with Gasteiger partial charge in [0, 0.05) is 19.2 Å². The summed E-state index contributed by atoms with van der Waals surface area (Å²) in [6.07, 6.45) is 1.77. The molecular weight excluding hydrogens is 393 g/mol. The fraction of sp³-hybridized carbons (Fsp3) is 0.333. The number of esters is 1. The molecule has 1 saturated heterocycles. The lowest BCUT2D eigenvalue weighted by atomic mass is 10.1. The number of hydrogen-bond acceptors (Lipinski definition) is 6. The van der Waals surface area contributed by atoms with Crippen LogP contribution in [0.3, 0.4) is 0 Å². The van der Waals surface area contributed by atoms with Gasteiger partial charge in [-0.1, -0.05) is 12.1 Å². The van der Waals surface area contributed by atoms with Crippen LogP contribution < -0.4 is 10.2 Å². The number of piperidine rings is 1. The van der Waals surface area contributed by atoms with Crippen molar-refractivity contribution in [3.63, 3.8) is 0 Å². The lowest BCUT2D eigenvalue weighted by Gasteiger charge is -2.28. The Hall–Kier alpha value is -3.49. The number of carbonyl (C=O) groups is 2. The van der Waals surface area contributed by atoms with Gasteiger partial charge in [-0.05, 0) is 50.5 Å². The molecule has 3 rings (SSSR count). The Morgan fingerprint density at radius 2 is 1.87 bits per heavy atom. The van der Waals surface area contributed by atoms with Gasteiger partial charge < -0.3 is 15.0 Å². The third-order valence-corrected chi connectivity index (χ3v) is 4.89. The molecule has 1 aliphatic heterocycles. The topological polar surface area (TPSA) is 102 Å². The highest BCUT2D eigenvalue weighted by Crippen LogP contribution is 2.31. The highest BCUT2D eigenvalue weighted by Gasteiger charge is 2.25. The largest absolute Gasteiger partial charge is 0.449 e. The van der Waals surface area contributed by atoms with Gasteiger partial charge in [0.1, 0.15) is 11.5 Å². The number of nitro benzene ring substituents is 1. The van der Waals surface area contributed by atoms with Crippen molar-refractivity contribution in [2.24, 2.45) is 0 Å². The molecule has 0 saturated carbocycles. The van der Waals surface area contributed by atoms with Gasteiger partial charge in [-0.25, -0.2) is 9.18 Å². The van der Waals surface area contributed by atoms with E-state index in [1.54, 1.807) is 6.07 Å². The van der Waals surface area contributed by atoms with Crippen LogP contribution in [0.15, 0.2) is 42.5 Å². The van der Waals surface area contributed by atoms with Gasteiger partial charge in [0.25, 0.3) is 11.6 Å². The molecule has 1 aliphatic rings. The number of halogens is 1. The van der Waals surface area contributed by atoms with Crippen LogP contribution in [0, 0.1) is 15.9 Å². The van der Waals surface area contributed by atoms with Gasteiger partial charge >= 0.3 is 5.97 Å². The highest BCUT2D eigenvalue weighted by atomic mass is 19.1. The van der Waals surface area contributed by atoms with Crippen molar-refractivity contribution in [3.8, 4) is 0 Å². The fourth-order valence-electron chi connectivity index (χ4n) is 3.28. The monoisotopic (exact) mass is 415 g/mol. The maximum Gasteiger partial charge on any atom is 0.339 e. The molecule has 0 radical (unpaired) electrons. The van der Waals surface area contributed by atoms with Crippen LogP contribution in [0.4, 0.5) is 21.5 Å². The summed E-state index contributed by atoms with van der Waals surface area (Å²) in [6.45, 7) is 2.78. The maximum absolute atomic E-state index is 13.7. The molecule has 1 heterocycles. The zero-order chi connectivity index (χ0) is 21.7. The standard InChI is InChI=1S/C21H22FN3O5/c1-14(20(26)23-17-8-4-3-7-16(17)22)30-21(27)15-9-10-18(19(13-15)25(28)29)24-11-5-2-6-12-24/h3-4,7-10,13-14H,2,5-6,11-12H2,1H3,(H,23,26)/t14-/m1/s1. The summed E-state index contributed by atoms with van der Waals surface area (Å²) < 4.78 is 18.8. The van der Waals surface area contributed by atoms with Crippen molar-refractivity contribution < 1.29 is 23.6 Å². The van der Waals surface area contributed by atoms with Crippen LogP contribution in [-0.4, -0.2) is 36.0 Å². The van der Waals surface area contributed by atoms with Crippen molar-refractivity contribution in [2.45, 2.75) is 32.3 Å². The van der Waals surface area contributed by atoms with E-state index in [0.29, 0.717) is 5.69 Å². The van der Waals surface area contributed by atoms with Gasteiger partial charge in [-0.15, -0.1) is 0 Å². The second-order valence-electron chi connectivity index (χ2n) is 7.02. The summed E-state index contributed by atoms with van der Waals surface area (Å²) in [4.78, 5) is 37.6. The van der Waals surface area contributed by atoms with Crippen molar-refractivity contribution >= 4 is 28.9 Å². The van der Waals surface area contributed by atoms with Crippen LogP contribution in [0.5, 0.6) is 0 Å². The number of carbonyl (C=O) groups excluding carboxylic acids is 2. The Morgan fingerprint density at radius 1 is 1.17 bits per heavy atom. The van der Waals surface area contributed by atoms with Crippen molar-refractivity contribution in [1.82, 2.24) is 0 Å². The van der Waals surface area contributed by atoms with Crippen molar-refractivity contribution in [1.29, 1.82) is 0 Å². The number of anilines is 2. The Morgan fingerprint density at radius 3 is 2.53 bits per heavy atom. The first kappa shape index (κ1) is 21.2. The molecular formula is C21H22FN3O5. The molecule has 8 nitrogen and oxygen atoms in total. The highest BCUT2D eigenvalue weighted by molar-refractivity contribution is 5.98.